The van der Waals surface area contributed by atoms with Gasteiger partial charge in [0, 0.05) is 26.7 Å². The SMILES string of the molecule is C=CCN(C)C(=O)[C@@H]1[C@H]2C(=O)N([C@@H](CO)CC(C)C)C(C(=O)N(CC=C)Cc3ccccc3)C23CC[C@H]1O3. The highest BCUT2D eigenvalue weighted by molar-refractivity contribution is 5.99. The minimum atomic E-state index is -1.10. The highest BCUT2D eigenvalue weighted by Gasteiger charge is 2.75. The van der Waals surface area contributed by atoms with Gasteiger partial charge in [0.25, 0.3) is 0 Å². The molecule has 0 saturated carbocycles. The summed E-state index contributed by atoms with van der Waals surface area (Å²) < 4.78 is 6.57. The summed E-state index contributed by atoms with van der Waals surface area (Å²) in [6.45, 7) is 12.4. The van der Waals surface area contributed by atoms with Crippen LogP contribution in [-0.2, 0) is 25.7 Å². The van der Waals surface area contributed by atoms with Crippen molar-refractivity contribution in [3.05, 3.63) is 61.2 Å². The Morgan fingerprint density at radius 3 is 2.47 bits per heavy atom. The molecule has 38 heavy (non-hydrogen) atoms. The molecule has 1 spiro atoms. The van der Waals surface area contributed by atoms with Crippen molar-refractivity contribution in [2.45, 2.75) is 63.4 Å². The van der Waals surface area contributed by atoms with Crippen molar-refractivity contribution in [2.24, 2.45) is 17.8 Å². The standard InChI is InChI=1S/C30H41N3O5/c1-6-15-31(5)27(35)24-23-13-14-30(38-23)25(24)28(36)33(22(19-34)17-20(3)4)26(30)29(37)32(16-7-2)18-21-11-9-8-10-12-21/h6-12,20,22-26,34H,1-2,13-19H2,3-5H3/t22-,23-,24+,25+,26?,30?/m1/s1. The van der Waals surface area contributed by atoms with Gasteiger partial charge in [-0.1, -0.05) is 56.3 Å². The molecule has 3 heterocycles. The third-order valence-corrected chi connectivity index (χ3v) is 8.26. The van der Waals surface area contributed by atoms with Crippen molar-refractivity contribution in [2.75, 3.05) is 26.7 Å². The number of rotatable bonds is 12. The lowest BCUT2D eigenvalue weighted by Crippen LogP contribution is -2.58. The molecule has 2 bridgehead atoms. The fourth-order valence-electron chi connectivity index (χ4n) is 6.77. The van der Waals surface area contributed by atoms with Gasteiger partial charge in [0.05, 0.1) is 30.6 Å². The van der Waals surface area contributed by atoms with Crippen LogP contribution >= 0.6 is 0 Å². The van der Waals surface area contributed by atoms with Crippen LogP contribution in [0.25, 0.3) is 0 Å². The van der Waals surface area contributed by atoms with Gasteiger partial charge >= 0.3 is 0 Å². The van der Waals surface area contributed by atoms with Crippen LogP contribution in [0.2, 0.25) is 0 Å². The molecule has 3 amide bonds. The molecule has 0 radical (unpaired) electrons. The maximum Gasteiger partial charge on any atom is 0.249 e. The molecule has 1 N–H and O–H groups in total. The third kappa shape index (κ3) is 4.80. The van der Waals surface area contributed by atoms with Crippen LogP contribution in [0.3, 0.4) is 0 Å². The number of likely N-dealkylation sites (N-methyl/N-ethyl adjacent to an activating group) is 1. The van der Waals surface area contributed by atoms with Gasteiger partial charge in [0.15, 0.2) is 0 Å². The van der Waals surface area contributed by atoms with Gasteiger partial charge in [-0.2, -0.15) is 0 Å². The molecule has 0 aromatic heterocycles. The van der Waals surface area contributed by atoms with E-state index in [2.05, 4.69) is 13.2 Å². The molecular formula is C30H41N3O5. The largest absolute Gasteiger partial charge is 0.394 e. The van der Waals surface area contributed by atoms with Crippen molar-refractivity contribution in [1.29, 1.82) is 0 Å². The second-order valence-electron chi connectivity index (χ2n) is 11.3. The van der Waals surface area contributed by atoms with E-state index in [9.17, 15) is 19.5 Å². The molecule has 4 rings (SSSR count). The minimum Gasteiger partial charge on any atom is -0.394 e. The molecule has 1 aromatic rings. The Kier molecular flexibility index (Phi) is 8.43. The number of carbonyl (C=O) groups is 3. The van der Waals surface area contributed by atoms with Crippen LogP contribution in [0.5, 0.6) is 0 Å². The topological polar surface area (TPSA) is 90.4 Å². The Labute approximate surface area is 225 Å². The molecule has 0 aliphatic carbocycles. The second kappa shape index (κ2) is 11.4. The van der Waals surface area contributed by atoms with Gasteiger partial charge in [-0.25, -0.2) is 0 Å². The Morgan fingerprint density at radius 2 is 1.87 bits per heavy atom. The summed E-state index contributed by atoms with van der Waals surface area (Å²) in [5.41, 5.74) is -0.140. The summed E-state index contributed by atoms with van der Waals surface area (Å²) in [6, 6.07) is 8.21. The van der Waals surface area contributed by atoms with Gasteiger partial charge in [0.2, 0.25) is 17.7 Å². The summed E-state index contributed by atoms with van der Waals surface area (Å²) in [5, 5.41) is 10.4. The molecule has 3 aliphatic heterocycles. The fraction of sp³-hybridized carbons (Fsp3) is 0.567. The number of fused-ring (bicyclic) bond motifs is 1. The number of benzene rings is 1. The highest BCUT2D eigenvalue weighted by Crippen LogP contribution is 2.59. The lowest BCUT2D eigenvalue weighted by atomic mass is 9.70. The number of amides is 3. The summed E-state index contributed by atoms with van der Waals surface area (Å²) >= 11 is 0. The number of aliphatic hydroxyl groups is 1. The van der Waals surface area contributed by atoms with Crippen LogP contribution in [0.4, 0.5) is 0 Å². The van der Waals surface area contributed by atoms with E-state index in [1.54, 1.807) is 33.9 Å². The van der Waals surface area contributed by atoms with E-state index in [0.717, 1.165) is 5.56 Å². The zero-order valence-electron chi connectivity index (χ0n) is 22.8. The molecule has 2 unspecified atom stereocenters. The number of likely N-dealkylation sites (tertiary alicyclic amines) is 1. The van der Waals surface area contributed by atoms with Gasteiger partial charge in [-0.05, 0) is 30.7 Å². The first kappa shape index (κ1) is 28.0. The number of hydrogen-bond donors (Lipinski definition) is 1. The lowest BCUT2D eigenvalue weighted by Gasteiger charge is -2.39. The number of carbonyl (C=O) groups excluding carboxylic acids is 3. The zero-order valence-corrected chi connectivity index (χ0v) is 22.8. The monoisotopic (exact) mass is 523 g/mol. The van der Waals surface area contributed by atoms with Crippen molar-refractivity contribution in [3.63, 3.8) is 0 Å². The summed E-state index contributed by atoms with van der Waals surface area (Å²) in [7, 11) is 1.70. The number of hydrogen-bond acceptors (Lipinski definition) is 5. The van der Waals surface area contributed by atoms with Crippen LogP contribution in [0.1, 0.15) is 38.7 Å². The fourth-order valence-corrected chi connectivity index (χ4v) is 6.77. The molecule has 3 fully saturated rings. The van der Waals surface area contributed by atoms with Crippen LogP contribution < -0.4 is 0 Å². The van der Waals surface area contributed by atoms with E-state index in [1.165, 1.54) is 0 Å². The van der Waals surface area contributed by atoms with Gasteiger partial charge in [-0.15, -0.1) is 13.2 Å². The quantitative estimate of drug-likeness (QED) is 0.426. The van der Waals surface area contributed by atoms with Crippen molar-refractivity contribution < 1.29 is 24.2 Å². The van der Waals surface area contributed by atoms with E-state index in [1.807, 2.05) is 44.2 Å². The average Bonchev–Trinajstić information content (AvgIpc) is 3.54. The first-order chi connectivity index (χ1) is 18.2. The smallest absolute Gasteiger partial charge is 0.249 e. The van der Waals surface area contributed by atoms with Gasteiger partial charge in [-0.3, -0.25) is 14.4 Å². The van der Waals surface area contributed by atoms with Crippen molar-refractivity contribution in [3.8, 4) is 0 Å². The molecule has 8 heteroatoms. The highest BCUT2D eigenvalue weighted by atomic mass is 16.5. The molecule has 6 atom stereocenters. The van der Waals surface area contributed by atoms with Crippen molar-refractivity contribution in [1.82, 2.24) is 14.7 Å². The maximum absolute atomic E-state index is 14.5. The summed E-state index contributed by atoms with van der Waals surface area (Å²) in [6.07, 6.45) is 4.57. The molecule has 8 nitrogen and oxygen atoms in total. The van der Waals surface area contributed by atoms with E-state index >= 15 is 0 Å². The average molecular weight is 524 g/mol. The second-order valence-corrected chi connectivity index (χ2v) is 11.3. The minimum absolute atomic E-state index is 0.167. The normalized spacial score (nSPS) is 28.3. The molecule has 206 valence electrons. The van der Waals surface area contributed by atoms with E-state index < -0.39 is 35.6 Å². The third-order valence-electron chi connectivity index (χ3n) is 8.26. The first-order valence-electron chi connectivity index (χ1n) is 13.6. The maximum atomic E-state index is 14.5. The van der Waals surface area contributed by atoms with Crippen LogP contribution in [0, 0.1) is 17.8 Å². The number of ether oxygens (including phenoxy) is 1. The summed E-state index contributed by atoms with van der Waals surface area (Å²) in [4.78, 5) is 47.1. The van der Waals surface area contributed by atoms with E-state index in [-0.39, 0.29) is 30.2 Å². The zero-order chi connectivity index (χ0) is 27.6. The number of nitrogens with zero attached hydrogens (tertiary/aromatic N) is 3. The van der Waals surface area contributed by atoms with Gasteiger partial charge in [0.1, 0.15) is 11.6 Å². The Bertz CT molecular complexity index is 1060. The van der Waals surface area contributed by atoms with Gasteiger partial charge < -0.3 is 24.5 Å². The first-order valence-corrected chi connectivity index (χ1v) is 13.6. The Morgan fingerprint density at radius 1 is 1.18 bits per heavy atom. The Balaban J connectivity index is 1.77. The molecule has 3 aliphatic rings. The lowest BCUT2D eigenvalue weighted by molar-refractivity contribution is -0.152. The Hall–Kier alpha value is -2.97. The summed E-state index contributed by atoms with van der Waals surface area (Å²) in [5.74, 6) is -1.91. The van der Waals surface area contributed by atoms with Crippen LogP contribution in [-0.4, -0.2) is 88.1 Å². The van der Waals surface area contributed by atoms with E-state index in [4.69, 9.17) is 4.74 Å². The predicted octanol–water partition coefficient (Wildman–Crippen LogP) is 2.63. The number of aliphatic hydroxyl groups excluding tert-OH is 1. The van der Waals surface area contributed by atoms with Crippen LogP contribution in [0.15, 0.2) is 55.6 Å². The van der Waals surface area contributed by atoms with E-state index in [0.29, 0.717) is 38.9 Å². The molecular weight excluding hydrogens is 482 g/mol. The van der Waals surface area contributed by atoms with Crippen molar-refractivity contribution >= 4 is 17.7 Å². The molecule has 3 saturated heterocycles. The molecule has 1 aromatic carbocycles. The predicted molar refractivity (Wildman–Crippen MR) is 145 cm³/mol.